The summed E-state index contributed by atoms with van der Waals surface area (Å²) in [4.78, 5) is 35.9. The highest BCUT2D eigenvalue weighted by atomic mass is 19.1. The lowest BCUT2D eigenvalue weighted by Gasteiger charge is -2.37. The van der Waals surface area contributed by atoms with Crippen molar-refractivity contribution in [3.63, 3.8) is 0 Å². The van der Waals surface area contributed by atoms with Gasteiger partial charge in [0.1, 0.15) is 11.5 Å². The van der Waals surface area contributed by atoms with E-state index in [1.54, 1.807) is 29.7 Å². The highest BCUT2D eigenvalue weighted by Gasteiger charge is 2.32. The summed E-state index contributed by atoms with van der Waals surface area (Å²) in [6.07, 6.45) is 1.09. The summed E-state index contributed by atoms with van der Waals surface area (Å²) < 4.78 is 14.0. The molecule has 1 amide bonds. The average Bonchev–Trinajstić information content (AvgIpc) is 3.33. The van der Waals surface area contributed by atoms with Crippen LogP contribution in [-0.4, -0.2) is 74.4 Å². The van der Waals surface area contributed by atoms with Crippen molar-refractivity contribution >= 4 is 22.4 Å². The maximum absolute atomic E-state index is 14.0. The van der Waals surface area contributed by atoms with Gasteiger partial charge in [0, 0.05) is 37.3 Å². The second kappa shape index (κ2) is 9.58. The number of amides is 1. The zero-order chi connectivity index (χ0) is 25.4. The summed E-state index contributed by atoms with van der Waals surface area (Å²) in [5.41, 5.74) is 1.28. The van der Waals surface area contributed by atoms with Gasteiger partial charge in [-0.3, -0.25) is 19.8 Å². The molecule has 0 unspecified atom stereocenters. The first kappa shape index (κ1) is 24.3. The van der Waals surface area contributed by atoms with Gasteiger partial charge in [0.15, 0.2) is 0 Å². The van der Waals surface area contributed by atoms with Gasteiger partial charge in [0.2, 0.25) is 0 Å². The Morgan fingerprint density at radius 1 is 1.11 bits per heavy atom. The molecule has 0 aliphatic carbocycles. The monoisotopic (exact) mass is 497 g/mol. The number of H-pyrrole nitrogens is 1. The van der Waals surface area contributed by atoms with Gasteiger partial charge < -0.3 is 25.2 Å². The smallest absolute Gasteiger partial charge is 0.369 e. The van der Waals surface area contributed by atoms with Crippen molar-refractivity contribution in [2.24, 2.45) is 0 Å². The number of hydrogen-bond acceptors (Lipinski definition) is 8. The molecule has 1 aromatic carbocycles. The largest absolute Gasteiger partial charge is 0.370 e. The Bertz CT molecular complexity index is 1320. The zero-order valence-electron chi connectivity index (χ0n) is 19.5. The summed E-state index contributed by atoms with van der Waals surface area (Å²) in [5, 5.41) is 29.0. The fourth-order valence-corrected chi connectivity index (χ4v) is 5.30. The molecule has 36 heavy (non-hydrogen) atoms. The molecule has 2 saturated heterocycles. The minimum atomic E-state index is -3.30. The fraction of sp³-hybridized carbons (Fsp3) is 0.400. The van der Waals surface area contributed by atoms with Gasteiger partial charge >= 0.3 is 6.10 Å². The van der Waals surface area contributed by atoms with Crippen molar-refractivity contribution in [3.8, 4) is 0 Å². The van der Waals surface area contributed by atoms with E-state index in [4.69, 9.17) is 15.3 Å². The number of fused-ring (bicyclic) bond motifs is 1. The minimum Gasteiger partial charge on any atom is -0.370 e. The second-order valence-corrected chi connectivity index (χ2v) is 9.45. The van der Waals surface area contributed by atoms with E-state index in [-0.39, 0.29) is 22.6 Å². The third-order valence-corrected chi connectivity index (χ3v) is 7.11. The molecule has 1 atom stereocenters. The molecule has 2 aliphatic rings. The summed E-state index contributed by atoms with van der Waals surface area (Å²) in [7, 11) is 0. The third-order valence-electron chi connectivity index (χ3n) is 7.11. The molecule has 3 aromatic rings. The minimum absolute atomic E-state index is 0.0484. The number of nitrogens with one attached hydrogen (secondary N) is 2. The molecule has 0 bridgehead atoms. The van der Waals surface area contributed by atoms with Crippen molar-refractivity contribution < 1.29 is 24.5 Å². The lowest BCUT2D eigenvalue weighted by atomic mass is 10.0. The first-order chi connectivity index (χ1) is 17.2. The molecular formula is C25H28FN5O5. The Morgan fingerprint density at radius 2 is 1.89 bits per heavy atom. The quantitative estimate of drug-likeness (QED) is 0.327. The highest BCUT2D eigenvalue weighted by molar-refractivity contribution is 5.92. The number of hydrogen-bond donors (Lipinski definition) is 5. The van der Waals surface area contributed by atoms with Crippen LogP contribution in [0.1, 0.15) is 41.4 Å². The Morgan fingerprint density at radius 3 is 2.58 bits per heavy atom. The Balaban J connectivity index is 1.18. The van der Waals surface area contributed by atoms with Crippen molar-refractivity contribution in [1.82, 2.24) is 20.2 Å². The van der Waals surface area contributed by atoms with E-state index in [0.717, 1.165) is 56.8 Å². The number of aromatic amines is 1. The topological polar surface area (TPSA) is 142 Å². The number of halogens is 1. The first-order valence-corrected chi connectivity index (χ1v) is 11.9. The number of carbonyl (C=O) groups is 1. The van der Waals surface area contributed by atoms with Gasteiger partial charge in [-0.15, -0.1) is 0 Å². The molecule has 10 nitrogen and oxygen atoms in total. The van der Waals surface area contributed by atoms with Crippen LogP contribution in [0.3, 0.4) is 0 Å². The van der Waals surface area contributed by atoms with Crippen LogP contribution in [0.15, 0.2) is 47.4 Å². The van der Waals surface area contributed by atoms with E-state index in [1.807, 2.05) is 6.07 Å². The van der Waals surface area contributed by atoms with E-state index >= 15 is 0 Å². The number of anilines is 1. The molecule has 0 saturated carbocycles. The van der Waals surface area contributed by atoms with Gasteiger partial charge in [-0.2, -0.15) is 0 Å². The van der Waals surface area contributed by atoms with Gasteiger partial charge in [0.05, 0.1) is 17.3 Å². The van der Waals surface area contributed by atoms with E-state index in [0.29, 0.717) is 11.4 Å². The second-order valence-electron chi connectivity index (χ2n) is 9.45. The molecule has 2 aromatic heterocycles. The standard InChI is InChI=1S/C25H28FN5O5/c26-19-3-1-2-15-12-21(28-24(33)22(15)19)16-6-9-31(14-16)17-7-10-30(11-8-17)18-4-5-20(27-13-18)23(32)29-25(34,35)36/h1-5,12-13,16-17,34-36H,6-11,14H2,(H,28,33)(H,29,32)/t16-/m0/s1. The van der Waals surface area contributed by atoms with E-state index < -0.39 is 17.8 Å². The van der Waals surface area contributed by atoms with Gasteiger partial charge in [-0.05, 0) is 55.5 Å². The van der Waals surface area contributed by atoms with Crippen LogP contribution < -0.4 is 15.8 Å². The predicted octanol–water partition coefficient (Wildman–Crippen LogP) is 0.838. The lowest BCUT2D eigenvalue weighted by Crippen LogP contribution is -2.48. The van der Waals surface area contributed by atoms with Crippen molar-refractivity contribution in [3.05, 3.63) is 70.2 Å². The predicted molar refractivity (Wildman–Crippen MR) is 130 cm³/mol. The summed E-state index contributed by atoms with van der Waals surface area (Å²) >= 11 is 0. The van der Waals surface area contributed by atoms with E-state index in [2.05, 4.69) is 19.8 Å². The molecule has 4 heterocycles. The number of aliphatic hydroxyl groups is 3. The number of likely N-dealkylation sites (tertiary alicyclic amines) is 1. The van der Waals surface area contributed by atoms with Crippen LogP contribution in [0, 0.1) is 5.82 Å². The van der Waals surface area contributed by atoms with E-state index in [1.165, 1.54) is 12.1 Å². The van der Waals surface area contributed by atoms with Crippen LogP contribution in [-0.2, 0) is 0 Å². The summed E-state index contributed by atoms with van der Waals surface area (Å²) in [6, 6.07) is 10.2. The number of carbonyl (C=O) groups excluding carboxylic acids is 1. The summed E-state index contributed by atoms with van der Waals surface area (Å²) in [5.74, 6) is -1.22. The molecule has 5 rings (SSSR count). The number of pyridine rings is 2. The molecular weight excluding hydrogens is 469 g/mol. The third kappa shape index (κ3) is 5.09. The molecule has 0 radical (unpaired) electrons. The van der Waals surface area contributed by atoms with E-state index in [9.17, 15) is 14.0 Å². The molecule has 190 valence electrons. The Hall–Kier alpha value is -3.38. The number of piperidine rings is 1. The van der Waals surface area contributed by atoms with Crippen LogP contribution in [0.5, 0.6) is 0 Å². The zero-order valence-corrected chi connectivity index (χ0v) is 19.5. The van der Waals surface area contributed by atoms with Crippen LogP contribution in [0.25, 0.3) is 10.8 Å². The Kier molecular flexibility index (Phi) is 6.47. The Labute approximate surface area is 206 Å². The number of nitrogens with zero attached hydrogens (tertiary/aromatic N) is 3. The number of aromatic nitrogens is 2. The normalized spacial score (nSPS) is 19.7. The van der Waals surface area contributed by atoms with Crippen molar-refractivity contribution in [2.75, 3.05) is 31.1 Å². The molecule has 0 spiro atoms. The van der Waals surface area contributed by atoms with Crippen LogP contribution in [0.4, 0.5) is 10.1 Å². The highest BCUT2D eigenvalue weighted by Crippen LogP contribution is 2.31. The molecule has 5 N–H and O–H groups in total. The summed E-state index contributed by atoms with van der Waals surface area (Å²) in [6.45, 7) is 3.41. The van der Waals surface area contributed by atoms with Gasteiger partial charge in [-0.25, -0.2) is 9.37 Å². The van der Waals surface area contributed by atoms with Crippen molar-refractivity contribution in [2.45, 2.75) is 37.3 Å². The van der Waals surface area contributed by atoms with Crippen LogP contribution >= 0.6 is 0 Å². The fourth-order valence-electron chi connectivity index (χ4n) is 5.30. The van der Waals surface area contributed by atoms with Gasteiger partial charge in [0.25, 0.3) is 11.5 Å². The molecule has 11 heteroatoms. The number of rotatable bonds is 5. The first-order valence-electron chi connectivity index (χ1n) is 11.9. The van der Waals surface area contributed by atoms with Gasteiger partial charge in [-0.1, -0.05) is 12.1 Å². The molecule has 2 aliphatic heterocycles. The lowest BCUT2D eigenvalue weighted by molar-refractivity contribution is -0.323. The SMILES string of the molecule is O=C(NC(O)(O)O)c1ccc(N2CCC(N3CC[C@H](c4cc5cccc(F)c5c(=O)[nH]4)C3)CC2)cn1. The van der Waals surface area contributed by atoms with Crippen molar-refractivity contribution in [1.29, 1.82) is 0 Å². The van der Waals surface area contributed by atoms with Crippen LogP contribution in [0.2, 0.25) is 0 Å². The maximum Gasteiger partial charge on any atom is 0.369 e. The average molecular weight is 498 g/mol. The maximum atomic E-state index is 14.0. The number of benzene rings is 1. The molecule has 2 fully saturated rings.